The lowest BCUT2D eigenvalue weighted by Gasteiger charge is -2.13. The van der Waals surface area contributed by atoms with Crippen LogP contribution in [0.25, 0.3) is 5.69 Å². The van der Waals surface area contributed by atoms with Crippen molar-refractivity contribution in [2.75, 3.05) is 0 Å². The molecule has 28 heavy (non-hydrogen) atoms. The molecule has 1 heterocycles. The summed E-state index contributed by atoms with van der Waals surface area (Å²) in [6, 6.07) is 13.3. The van der Waals surface area contributed by atoms with Gasteiger partial charge in [0.25, 0.3) is 0 Å². The first-order valence-corrected chi connectivity index (χ1v) is 10.7. The second-order valence-corrected chi connectivity index (χ2v) is 9.84. The van der Waals surface area contributed by atoms with E-state index >= 15 is 0 Å². The molecule has 0 saturated carbocycles. The highest BCUT2D eigenvalue weighted by atomic mass is 35.5. The van der Waals surface area contributed by atoms with E-state index in [1.807, 2.05) is 52.0 Å². The van der Waals surface area contributed by atoms with E-state index in [0.717, 1.165) is 5.56 Å². The van der Waals surface area contributed by atoms with Gasteiger partial charge in [-0.15, -0.1) is 0 Å². The average Bonchev–Trinajstić information content (AvgIpc) is 3.01. The van der Waals surface area contributed by atoms with Gasteiger partial charge in [-0.05, 0) is 37.3 Å². The van der Waals surface area contributed by atoms with E-state index in [1.54, 1.807) is 6.07 Å². The third kappa shape index (κ3) is 4.35. The third-order valence-corrected chi connectivity index (χ3v) is 6.02. The number of aryl methyl sites for hydroxylation is 1. The Hall–Kier alpha value is -2.02. The Bertz CT molecular complexity index is 1120. The number of hydrogen-bond donors (Lipinski definition) is 0. The van der Waals surface area contributed by atoms with Crippen molar-refractivity contribution in [2.45, 2.75) is 38.0 Å². The van der Waals surface area contributed by atoms with Crippen molar-refractivity contribution in [3.8, 4) is 11.6 Å². The summed E-state index contributed by atoms with van der Waals surface area (Å²) in [5.41, 5.74) is 2.15. The molecule has 3 rings (SSSR count). The van der Waals surface area contributed by atoms with Crippen LogP contribution in [0.5, 0.6) is 5.88 Å². The van der Waals surface area contributed by atoms with E-state index in [2.05, 4.69) is 5.10 Å². The first kappa shape index (κ1) is 20.7. The van der Waals surface area contributed by atoms with Gasteiger partial charge in [-0.2, -0.15) is 18.2 Å². The normalized spacial score (nSPS) is 12.2. The summed E-state index contributed by atoms with van der Waals surface area (Å²) in [4.78, 5) is -0.198. The molecule has 148 valence electrons. The molecular weight excluding hydrogens is 419 g/mol. The van der Waals surface area contributed by atoms with Crippen LogP contribution in [0.15, 0.2) is 53.4 Å². The summed E-state index contributed by atoms with van der Waals surface area (Å²) < 4.78 is 32.6. The van der Waals surface area contributed by atoms with Crippen LogP contribution in [0.1, 0.15) is 32.0 Å². The lowest BCUT2D eigenvalue weighted by atomic mass is 9.93. The van der Waals surface area contributed by atoms with E-state index in [0.29, 0.717) is 11.4 Å². The predicted octanol–water partition coefficient (Wildman–Crippen LogP) is 5.55. The van der Waals surface area contributed by atoms with Gasteiger partial charge < -0.3 is 4.18 Å². The van der Waals surface area contributed by atoms with Gasteiger partial charge in [0.05, 0.1) is 16.4 Å². The molecule has 0 atom stereocenters. The highest BCUT2D eigenvalue weighted by molar-refractivity contribution is 7.87. The fourth-order valence-corrected chi connectivity index (χ4v) is 4.14. The van der Waals surface area contributed by atoms with Crippen molar-refractivity contribution in [2.24, 2.45) is 0 Å². The average molecular weight is 439 g/mol. The van der Waals surface area contributed by atoms with Gasteiger partial charge in [-0.3, -0.25) is 0 Å². The molecule has 0 aliphatic heterocycles. The van der Waals surface area contributed by atoms with E-state index in [-0.39, 0.29) is 26.2 Å². The molecule has 0 bridgehead atoms. The van der Waals surface area contributed by atoms with E-state index in [1.165, 1.54) is 22.9 Å². The van der Waals surface area contributed by atoms with Gasteiger partial charge in [0.15, 0.2) is 0 Å². The summed E-state index contributed by atoms with van der Waals surface area (Å²) in [5.74, 6) is 0.0739. The number of halogens is 2. The summed E-state index contributed by atoms with van der Waals surface area (Å²) in [6.45, 7) is 7.93. The second kappa shape index (κ2) is 7.43. The minimum absolute atomic E-state index is 0.0295. The van der Waals surface area contributed by atoms with E-state index < -0.39 is 10.1 Å². The molecule has 0 fully saturated rings. The van der Waals surface area contributed by atoms with Gasteiger partial charge in [-0.25, -0.2) is 0 Å². The molecule has 0 aliphatic rings. The highest BCUT2D eigenvalue weighted by Crippen LogP contribution is 2.32. The first-order valence-electron chi connectivity index (χ1n) is 8.54. The number of aromatic nitrogens is 2. The van der Waals surface area contributed by atoms with Crippen molar-refractivity contribution in [3.63, 3.8) is 0 Å². The topological polar surface area (TPSA) is 61.2 Å². The monoisotopic (exact) mass is 438 g/mol. The standard InChI is InChI=1S/C20H20Cl2N2O3S/c1-13-5-8-15(9-6-13)24-19(12-18(23-24)20(2,3)4)27-28(25,26)17-11-14(21)7-10-16(17)22/h5-12H,1-4H3. The van der Waals surface area contributed by atoms with E-state index in [4.69, 9.17) is 27.4 Å². The SMILES string of the molecule is Cc1ccc(-n2nc(C(C)(C)C)cc2OS(=O)(=O)c2cc(Cl)ccc2Cl)cc1. The van der Waals surface area contributed by atoms with Crippen molar-refractivity contribution >= 4 is 33.3 Å². The fourth-order valence-electron chi connectivity index (χ4n) is 2.49. The molecule has 8 heteroatoms. The van der Waals surface area contributed by atoms with Crippen LogP contribution in [-0.2, 0) is 15.5 Å². The Balaban J connectivity index is 2.11. The fraction of sp³-hybridized carbons (Fsp3) is 0.250. The van der Waals surface area contributed by atoms with Gasteiger partial charge >= 0.3 is 10.1 Å². The highest BCUT2D eigenvalue weighted by Gasteiger charge is 2.27. The maximum absolute atomic E-state index is 12.9. The molecule has 0 aliphatic carbocycles. The quantitative estimate of drug-likeness (QED) is 0.500. The lowest BCUT2D eigenvalue weighted by molar-refractivity contribution is 0.465. The summed E-state index contributed by atoms with van der Waals surface area (Å²) >= 11 is 12.0. The van der Waals surface area contributed by atoms with Crippen LogP contribution < -0.4 is 4.18 Å². The van der Waals surface area contributed by atoms with Crippen LogP contribution in [-0.4, -0.2) is 18.2 Å². The molecule has 0 radical (unpaired) electrons. The van der Waals surface area contributed by atoms with Crippen LogP contribution in [0.3, 0.4) is 0 Å². The molecule has 0 unspecified atom stereocenters. The van der Waals surface area contributed by atoms with Crippen molar-refractivity contribution < 1.29 is 12.6 Å². The minimum atomic E-state index is -4.21. The zero-order chi connectivity index (χ0) is 20.7. The zero-order valence-corrected chi connectivity index (χ0v) is 18.2. The molecule has 5 nitrogen and oxygen atoms in total. The molecule has 3 aromatic rings. The second-order valence-electron chi connectivity index (χ2n) is 7.48. The van der Waals surface area contributed by atoms with Crippen molar-refractivity contribution in [1.29, 1.82) is 0 Å². The summed E-state index contributed by atoms with van der Waals surface area (Å²) in [7, 11) is -4.21. The molecule has 0 spiro atoms. The number of hydrogen-bond acceptors (Lipinski definition) is 4. The molecule has 2 aromatic carbocycles. The predicted molar refractivity (Wildman–Crippen MR) is 111 cm³/mol. The minimum Gasteiger partial charge on any atom is -0.358 e. The first-order chi connectivity index (χ1) is 13.0. The molecule has 0 N–H and O–H groups in total. The summed E-state index contributed by atoms with van der Waals surface area (Å²) in [5, 5.41) is 4.84. The van der Waals surface area contributed by atoms with Crippen LogP contribution in [0.4, 0.5) is 0 Å². The number of nitrogens with zero attached hydrogens (tertiary/aromatic N) is 2. The summed E-state index contributed by atoms with van der Waals surface area (Å²) in [6.07, 6.45) is 0. The van der Waals surface area contributed by atoms with E-state index in [9.17, 15) is 8.42 Å². The Morgan fingerprint density at radius 1 is 1.00 bits per heavy atom. The smallest absolute Gasteiger partial charge is 0.342 e. The maximum atomic E-state index is 12.9. The third-order valence-electron chi connectivity index (χ3n) is 4.08. The Morgan fingerprint density at radius 3 is 2.25 bits per heavy atom. The number of benzene rings is 2. The molecule has 0 saturated heterocycles. The van der Waals surface area contributed by atoms with Crippen molar-refractivity contribution in [3.05, 3.63) is 69.8 Å². The number of rotatable bonds is 4. The van der Waals surface area contributed by atoms with Gasteiger partial charge in [-0.1, -0.05) is 61.7 Å². The van der Waals surface area contributed by atoms with Gasteiger partial charge in [0.2, 0.25) is 5.88 Å². The molecule has 1 aromatic heterocycles. The van der Waals surface area contributed by atoms with Gasteiger partial charge in [0, 0.05) is 16.5 Å². The largest absolute Gasteiger partial charge is 0.358 e. The van der Waals surface area contributed by atoms with Crippen LogP contribution >= 0.6 is 23.2 Å². The Labute approximate surface area is 175 Å². The lowest BCUT2D eigenvalue weighted by Crippen LogP contribution is -2.13. The molecular formula is C20H20Cl2N2O3S. The molecule has 0 amide bonds. The zero-order valence-electron chi connectivity index (χ0n) is 15.9. The van der Waals surface area contributed by atoms with Crippen LogP contribution in [0, 0.1) is 6.92 Å². The van der Waals surface area contributed by atoms with Crippen LogP contribution in [0.2, 0.25) is 10.0 Å². The Kier molecular flexibility index (Phi) is 5.49. The van der Waals surface area contributed by atoms with Gasteiger partial charge in [0.1, 0.15) is 4.90 Å². The Morgan fingerprint density at radius 2 is 1.64 bits per heavy atom. The maximum Gasteiger partial charge on any atom is 0.342 e. The van der Waals surface area contributed by atoms with Crippen molar-refractivity contribution in [1.82, 2.24) is 9.78 Å².